The van der Waals surface area contributed by atoms with Crippen LogP contribution in [0.25, 0.3) is 0 Å². The van der Waals surface area contributed by atoms with E-state index in [1.54, 1.807) is 7.05 Å². The van der Waals surface area contributed by atoms with Crippen LogP contribution in [0, 0.1) is 6.92 Å². The summed E-state index contributed by atoms with van der Waals surface area (Å²) in [6.07, 6.45) is 1.41. The van der Waals surface area contributed by atoms with Crippen LogP contribution >= 0.6 is 0 Å². The van der Waals surface area contributed by atoms with Crippen molar-refractivity contribution in [1.29, 1.82) is 0 Å². The van der Waals surface area contributed by atoms with Gasteiger partial charge in [0, 0.05) is 0 Å². The van der Waals surface area contributed by atoms with Crippen LogP contribution in [0.5, 0.6) is 0 Å². The predicted octanol–water partition coefficient (Wildman–Crippen LogP) is 1.60. The average Bonchev–Trinajstić information content (AvgIpc) is 2.18. The minimum atomic E-state index is -0.787. The van der Waals surface area contributed by atoms with E-state index in [2.05, 4.69) is 11.4 Å². The van der Waals surface area contributed by atoms with Crippen molar-refractivity contribution in [2.24, 2.45) is 0 Å². The fourth-order valence-corrected chi connectivity index (χ4v) is 1.57. The Morgan fingerprint density at radius 1 is 1.53 bits per heavy atom. The molecule has 2 N–H and O–H groups in total. The van der Waals surface area contributed by atoms with Crippen LogP contribution in [0.1, 0.15) is 17.5 Å². The standard InChI is InChI=1S/C12H17NO2/c1-9-4-3-5-10(8-9)6-7-11(13-2)12(14)15/h3-5,8,11,13H,6-7H2,1-2H3,(H,14,15)/t11-/m0/s1. The first-order valence-corrected chi connectivity index (χ1v) is 5.09. The molecule has 0 heterocycles. The molecule has 1 rings (SSSR count). The summed E-state index contributed by atoms with van der Waals surface area (Å²) in [4.78, 5) is 10.8. The summed E-state index contributed by atoms with van der Waals surface area (Å²) in [5.74, 6) is -0.787. The van der Waals surface area contributed by atoms with Gasteiger partial charge >= 0.3 is 5.97 Å². The normalized spacial score (nSPS) is 12.4. The number of carboxylic acid groups (broad SMARTS) is 1. The summed E-state index contributed by atoms with van der Waals surface area (Å²) in [7, 11) is 1.68. The highest BCUT2D eigenvalue weighted by Crippen LogP contribution is 2.08. The van der Waals surface area contributed by atoms with Gasteiger partial charge in [0.25, 0.3) is 0 Å². The molecule has 0 aromatic heterocycles. The number of nitrogens with one attached hydrogen (secondary N) is 1. The smallest absolute Gasteiger partial charge is 0.320 e. The number of hydrogen-bond acceptors (Lipinski definition) is 2. The lowest BCUT2D eigenvalue weighted by Gasteiger charge is -2.10. The molecule has 0 amide bonds. The van der Waals surface area contributed by atoms with Crippen molar-refractivity contribution in [3.63, 3.8) is 0 Å². The van der Waals surface area contributed by atoms with Gasteiger partial charge in [-0.05, 0) is 32.4 Å². The van der Waals surface area contributed by atoms with Crippen LogP contribution in [-0.4, -0.2) is 24.2 Å². The summed E-state index contributed by atoms with van der Waals surface area (Å²) < 4.78 is 0. The number of rotatable bonds is 5. The third-order valence-electron chi connectivity index (χ3n) is 2.45. The van der Waals surface area contributed by atoms with Gasteiger partial charge in [0.2, 0.25) is 0 Å². The van der Waals surface area contributed by atoms with Crippen molar-refractivity contribution in [2.75, 3.05) is 7.05 Å². The van der Waals surface area contributed by atoms with E-state index in [1.165, 1.54) is 11.1 Å². The predicted molar refractivity (Wildman–Crippen MR) is 60.0 cm³/mol. The Bertz CT molecular complexity index is 336. The van der Waals surface area contributed by atoms with E-state index in [-0.39, 0.29) is 0 Å². The molecular weight excluding hydrogens is 190 g/mol. The molecule has 15 heavy (non-hydrogen) atoms. The molecule has 0 spiro atoms. The molecule has 0 unspecified atom stereocenters. The molecule has 1 aromatic carbocycles. The topological polar surface area (TPSA) is 49.3 Å². The molecular formula is C12H17NO2. The third-order valence-corrected chi connectivity index (χ3v) is 2.45. The van der Waals surface area contributed by atoms with Crippen LogP contribution in [0.4, 0.5) is 0 Å². The van der Waals surface area contributed by atoms with Gasteiger partial charge < -0.3 is 10.4 Å². The van der Waals surface area contributed by atoms with Gasteiger partial charge in [-0.15, -0.1) is 0 Å². The maximum atomic E-state index is 10.8. The zero-order valence-corrected chi connectivity index (χ0v) is 9.16. The van der Waals surface area contributed by atoms with Gasteiger partial charge in [0.05, 0.1) is 0 Å². The maximum absolute atomic E-state index is 10.8. The highest BCUT2D eigenvalue weighted by molar-refractivity contribution is 5.73. The molecule has 0 radical (unpaired) electrons. The second-order valence-corrected chi connectivity index (χ2v) is 3.71. The summed E-state index contributed by atoms with van der Waals surface area (Å²) in [6.45, 7) is 2.04. The number of hydrogen-bond donors (Lipinski definition) is 2. The second kappa shape index (κ2) is 5.51. The fraction of sp³-hybridized carbons (Fsp3) is 0.417. The summed E-state index contributed by atoms with van der Waals surface area (Å²) in [5.41, 5.74) is 2.40. The largest absolute Gasteiger partial charge is 0.480 e. The van der Waals surface area contributed by atoms with Crippen molar-refractivity contribution in [2.45, 2.75) is 25.8 Å². The highest BCUT2D eigenvalue weighted by atomic mass is 16.4. The summed E-state index contributed by atoms with van der Waals surface area (Å²) in [5, 5.41) is 11.6. The number of carboxylic acids is 1. The Kier molecular flexibility index (Phi) is 4.31. The maximum Gasteiger partial charge on any atom is 0.320 e. The molecule has 0 saturated heterocycles. The van der Waals surface area contributed by atoms with E-state index in [4.69, 9.17) is 5.11 Å². The summed E-state index contributed by atoms with van der Waals surface area (Å²) >= 11 is 0. The molecule has 3 nitrogen and oxygen atoms in total. The summed E-state index contributed by atoms with van der Waals surface area (Å²) in [6, 6.07) is 7.71. The quantitative estimate of drug-likeness (QED) is 0.771. The second-order valence-electron chi connectivity index (χ2n) is 3.71. The zero-order valence-electron chi connectivity index (χ0n) is 9.16. The number of aliphatic carboxylic acids is 1. The SMILES string of the molecule is CN[C@@H](CCc1cccc(C)c1)C(=O)O. The average molecular weight is 207 g/mol. The molecule has 1 atom stereocenters. The molecule has 0 saturated carbocycles. The van der Waals surface area contributed by atoms with Crippen LogP contribution in [0.3, 0.4) is 0 Å². The molecule has 3 heteroatoms. The first kappa shape index (κ1) is 11.7. The lowest BCUT2D eigenvalue weighted by molar-refractivity contribution is -0.139. The molecule has 82 valence electrons. The van der Waals surface area contributed by atoms with E-state index in [1.807, 2.05) is 25.1 Å². The van der Waals surface area contributed by atoms with Crippen molar-refractivity contribution >= 4 is 5.97 Å². The van der Waals surface area contributed by atoms with Gasteiger partial charge in [0.15, 0.2) is 0 Å². The van der Waals surface area contributed by atoms with Gasteiger partial charge in [-0.1, -0.05) is 29.8 Å². The van der Waals surface area contributed by atoms with Crippen molar-refractivity contribution in [1.82, 2.24) is 5.32 Å². The van der Waals surface area contributed by atoms with Crippen molar-refractivity contribution in [3.8, 4) is 0 Å². The van der Waals surface area contributed by atoms with E-state index < -0.39 is 12.0 Å². The van der Waals surface area contributed by atoms with Crippen LogP contribution < -0.4 is 5.32 Å². The van der Waals surface area contributed by atoms with Gasteiger partial charge in [0.1, 0.15) is 6.04 Å². The lowest BCUT2D eigenvalue weighted by atomic mass is 10.0. The Labute approximate surface area is 90.1 Å². The Balaban J connectivity index is 2.52. The number of aryl methyl sites for hydroxylation is 2. The van der Waals surface area contributed by atoms with Crippen molar-refractivity contribution < 1.29 is 9.90 Å². The fourth-order valence-electron chi connectivity index (χ4n) is 1.57. The van der Waals surface area contributed by atoms with E-state index in [0.29, 0.717) is 6.42 Å². The van der Waals surface area contributed by atoms with Crippen LogP contribution in [0.2, 0.25) is 0 Å². The molecule has 0 aliphatic carbocycles. The minimum Gasteiger partial charge on any atom is -0.480 e. The minimum absolute atomic E-state index is 0.453. The number of carbonyl (C=O) groups is 1. The Morgan fingerprint density at radius 3 is 2.80 bits per heavy atom. The van der Waals surface area contributed by atoms with Gasteiger partial charge in [-0.25, -0.2) is 0 Å². The first-order valence-electron chi connectivity index (χ1n) is 5.09. The monoisotopic (exact) mass is 207 g/mol. The van der Waals surface area contributed by atoms with E-state index in [0.717, 1.165) is 6.42 Å². The number of likely N-dealkylation sites (N-methyl/N-ethyl adjacent to an activating group) is 1. The lowest BCUT2D eigenvalue weighted by Crippen LogP contribution is -2.34. The Hall–Kier alpha value is -1.35. The van der Waals surface area contributed by atoms with Crippen molar-refractivity contribution in [3.05, 3.63) is 35.4 Å². The van der Waals surface area contributed by atoms with Gasteiger partial charge in [-0.2, -0.15) is 0 Å². The Morgan fingerprint density at radius 2 is 2.27 bits per heavy atom. The molecule has 0 bridgehead atoms. The van der Waals surface area contributed by atoms with E-state index >= 15 is 0 Å². The van der Waals surface area contributed by atoms with E-state index in [9.17, 15) is 4.79 Å². The van der Waals surface area contributed by atoms with Crippen LogP contribution in [-0.2, 0) is 11.2 Å². The zero-order chi connectivity index (χ0) is 11.3. The first-order chi connectivity index (χ1) is 7.13. The molecule has 1 aromatic rings. The molecule has 0 fully saturated rings. The number of benzene rings is 1. The van der Waals surface area contributed by atoms with Gasteiger partial charge in [-0.3, -0.25) is 4.79 Å². The third kappa shape index (κ3) is 3.72. The highest BCUT2D eigenvalue weighted by Gasteiger charge is 2.13. The van der Waals surface area contributed by atoms with Crippen LogP contribution in [0.15, 0.2) is 24.3 Å². The molecule has 0 aliphatic heterocycles. The molecule has 0 aliphatic rings.